The number of aromatic amines is 1. The van der Waals surface area contributed by atoms with Crippen LogP contribution in [0, 0.1) is 0 Å². The Balaban J connectivity index is 1.92. The Morgan fingerprint density at radius 3 is 3.06 bits per heavy atom. The molecule has 3 nitrogen and oxygen atoms in total. The fraction of sp³-hybridized carbons (Fsp3) is 0.400. The molecule has 0 aliphatic heterocycles. The summed E-state index contributed by atoms with van der Waals surface area (Å²) < 4.78 is 0. The van der Waals surface area contributed by atoms with Crippen molar-refractivity contribution in [2.75, 3.05) is 6.54 Å². The first-order chi connectivity index (χ1) is 8.88. The quantitative estimate of drug-likeness (QED) is 0.627. The van der Waals surface area contributed by atoms with E-state index in [0.29, 0.717) is 6.54 Å². The third-order valence-corrected chi connectivity index (χ3v) is 3.80. The minimum atomic E-state index is 0.710. The summed E-state index contributed by atoms with van der Waals surface area (Å²) in [7, 11) is 0. The van der Waals surface area contributed by atoms with Crippen molar-refractivity contribution in [3.63, 3.8) is 0 Å². The molecule has 1 aromatic heterocycles. The number of H-pyrrole nitrogens is 1. The molecule has 0 fully saturated rings. The lowest BCUT2D eigenvalue weighted by Crippen LogP contribution is -2.14. The zero-order valence-corrected chi connectivity index (χ0v) is 10.5. The van der Waals surface area contributed by atoms with Gasteiger partial charge in [0.05, 0.1) is 0 Å². The second-order valence-corrected chi connectivity index (χ2v) is 4.99. The van der Waals surface area contributed by atoms with E-state index in [1.807, 2.05) is 0 Å². The lowest BCUT2D eigenvalue weighted by atomic mass is 9.95. The van der Waals surface area contributed by atoms with Gasteiger partial charge >= 0.3 is 0 Å². The smallest absolute Gasteiger partial charge is 0.207 e. The number of amides is 1. The van der Waals surface area contributed by atoms with Crippen molar-refractivity contribution in [3.05, 3.63) is 35.0 Å². The van der Waals surface area contributed by atoms with Crippen molar-refractivity contribution in [2.45, 2.75) is 32.1 Å². The van der Waals surface area contributed by atoms with Crippen LogP contribution in [0.3, 0.4) is 0 Å². The van der Waals surface area contributed by atoms with Crippen LogP contribution in [-0.2, 0) is 24.1 Å². The van der Waals surface area contributed by atoms with E-state index in [4.69, 9.17) is 0 Å². The molecule has 1 heterocycles. The molecule has 94 valence electrons. The van der Waals surface area contributed by atoms with Crippen LogP contribution in [0.2, 0.25) is 0 Å². The Morgan fingerprint density at radius 2 is 2.17 bits per heavy atom. The summed E-state index contributed by atoms with van der Waals surface area (Å²) in [6.45, 7) is 0.710. The summed E-state index contributed by atoms with van der Waals surface area (Å²) in [6, 6.07) is 6.60. The Hall–Kier alpha value is -1.77. The van der Waals surface area contributed by atoms with Crippen molar-refractivity contribution < 1.29 is 4.79 Å². The van der Waals surface area contributed by atoms with Gasteiger partial charge < -0.3 is 10.3 Å². The summed E-state index contributed by atoms with van der Waals surface area (Å²) in [5.41, 5.74) is 5.50. The number of rotatable bonds is 4. The van der Waals surface area contributed by atoms with Crippen LogP contribution in [0.5, 0.6) is 0 Å². The van der Waals surface area contributed by atoms with Crippen LogP contribution < -0.4 is 5.32 Å². The number of aromatic nitrogens is 1. The van der Waals surface area contributed by atoms with E-state index >= 15 is 0 Å². The van der Waals surface area contributed by atoms with Crippen LogP contribution >= 0.6 is 0 Å². The van der Waals surface area contributed by atoms with E-state index in [1.165, 1.54) is 53.4 Å². The predicted octanol–water partition coefficient (Wildman–Crippen LogP) is 2.34. The average molecular weight is 242 g/mol. The predicted molar refractivity (Wildman–Crippen MR) is 72.7 cm³/mol. The molecule has 1 amide bonds. The molecule has 3 heteroatoms. The molecule has 1 aromatic carbocycles. The third-order valence-electron chi connectivity index (χ3n) is 3.80. The van der Waals surface area contributed by atoms with Gasteiger partial charge in [-0.25, -0.2) is 0 Å². The molecular weight excluding hydrogens is 224 g/mol. The molecule has 1 aliphatic rings. The van der Waals surface area contributed by atoms with Gasteiger partial charge in [0.1, 0.15) is 0 Å². The molecule has 0 radical (unpaired) electrons. The van der Waals surface area contributed by atoms with E-state index in [-0.39, 0.29) is 0 Å². The van der Waals surface area contributed by atoms with Crippen LogP contribution in [0.1, 0.15) is 29.7 Å². The highest BCUT2D eigenvalue weighted by atomic mass is 16.1. The van der Waals surface area contributed by atoms with Gasteiger partial charge in [-0.15, -0.1) is 0 Å². The zero-order valence-electron chi connectivity index (χ0n) is 10.5. The number of aryl methyl sites for hydroxylation is 2. The fourth-order valence-corrected chi connectivity index (χ4v) is 2.88. The molecule has 0 atom stereocenters. The van der Waals surface area contributed by atoms with Crippen molar-refractivity contribution in [2.24, 2.45) is 0 Å². The number of nitrogens with one attached hydrogen (secondary N) is 2. The Kier molecular flexibility index (Phi) is 3.05. The number of benzene rings is 1. The van der Waals surface area contributed by atoms with Crippen LogP contribution in [0.25, 0.3) is 10.9 Å². The maximum atomic E-state index is 10.2. The Bertz CT molecular complexity index is 571. The summed E-state index contributed by atoms with van der Waals surface area (Å²) >= 11 is 0. The third kappa shape index (κ3) is 2.01. The standard InChI is InChI=1S/C15H18N2O/c18-10-16-8-7-11-5-6-15-13(9-11)12-3-1-2-4-14(12)17-15/h5-6,9-10,17H,1-4,7-8H2,(H,16,18). The second kappa shape index (κ2) is 4.84. The Morgan fingerprint density at radius 1 is 1.28 bits per heavy atom. The van der Waals surface area contributed by atoms with Crippen molar-refractivity contribution in [3.8, 4) is 0 Å². The summed E-state index contributed by atoms with van der Waals surface area (Å²) in [5.74, 6) is 0. The van der Waals surface area contributed by atoms with E-state index in [2.05, 4.69) is 28.5 Å². The minimum absolute atomic E-state index is 0.710. The fourth-order valence-electron chi connectivity index (χ4n) is 2.88. The van der Waals surface area contributed by atoms with E-state index in [1.54, 1.807) is 0 Å². The lowest BCUT2D eigenvalue weighted by molar-refractivity contribution is -0.109. The molecule has 0 unspecified atom stereocenters. The summed E-state index contributed by atoms with van der Waals surface area (Å²) in [6.07, 6.45) is 6.65. The zero-order chi connectivity index (χ0) is 12.4. The topological polar surface area (TPSA) is 44.9 Å². The highest BCUT2D eigenvalue weighted by molar-refractivity contribution is 5.85. The van der Waals surface area contributed by atoms with Crippen LogP contribution in [-0.4, -0.2) is 17.9 Å². The molecule has 0 saturated heterocycles. The number of carbonyl (C=O) groups excluding carboxylic acids is 1. The van der Waals surface area contributed by atoms with Gasteiger partial charge in [-0.2, -0.15) is 0 Å². The number of hydrogen-bond acceptors (Lipinski definition) is 1. The Labute approximate surface area is 107 Å². The van der Waals surface area contributed by atoms with Crippen LogP contribution in [0.15, 0.2) is 18.2 Å². The van der Waals surface area contributed by atoms with E-state index in [9.17, 15) is 4.79 Å². The van der Waals surface area contributed by atoms with Gasteiger partial charge in [-0.3, -0.25) is 4.79 Å². The highest BCUT2D eigenvalue weighted by Crippen LogP contribution is 2.29. The molecular formula is C15H18N2O. The van der Waals surface area contributed by atoms with Gasteiger partial charge in [-0.05, 0) is 55.4 Å². The molecule has 0 spiro atoms. The largest absolute Gasteiger partial charge is 0.358 e. The van der Waals surface area contributed by atoms with Gasteiger partial charge in [0.15, 0.2) is 0 Å². The van der Waals surface area contributed by atoms with Gasteiger partial charge in [0.25, 0.3) is 0 Å². The van der Waals surface area contributed by atoms with Crippen molar-refractivity contribution in [1.29, 1.82) is 0 Å². The van der Waals surface area contributed by atoms with Gasteiger partial charge in [0, 0.05) is 23.1 Å². The number of carbonyl (C=O) groups is 1. The minimum Gasteiger partial charge on any atom is -0.358 e. The molecule has 2 aromatic rings. The monoisotopic (exact) mass is 242 g/mol. The molecule has 2 N–H and O–H groups in total. The van der Waals surface area contributed by atoms with Gasteiger partial charge in [0.2, 0.25) is 6.41 Å². The molecule has 18 heavy (non-hydrogen) atoms. The second-order valence-electron chi connectivity index (χ2n) is 4.99. The van der Waals surface area contributed by atoms with Crippen molar-refractivity contribution >= 4 is 17.3 Å². The van der Waals surface area contributed by atoms with Gasteiger partial charge in [-0.1, -0.05) is 6.07 Å². The SMILES string of the molecule is O=CNCCc1ccc2[nH]c3c(c2c1)CCCC3. The lowest BCUT2D eigenvalue weighted by Gasteiger charge is -2.10. The first kappa shape index (κ1) is 11.3. The number of fused-ring (bicyclic) bond motifs is 3. The first-order valence-corrected chi connectivity index (χ1v) is 6.68. The van der Waals surface area contributed by atoms with Crippen LogP contribution in [0.4, 0.5) is 0 Å². The first-order valence-electron chi connectivity index (χ1n) is 6.68. The summed E-state index contributed by atoms with van der Waals surface area (Å²) in [5, 5.41) is 4.10. The van der Waals surface area contributed by atoms with E-state index < -0.39 is 0 Å². The van der Waals surface area contributed by atoms with Crippen molar-refractivity contribution in [1.82, 2.24) is 10.3 Å². The van der Waals surface area contributed by atoms with E-state index in [0.717, 1.165) is 12.8 Å². The molecule has 3 rings (SSSR count). The maximum Gasteiger partial charge on any atom is 0.207 e. The average Bonchev–Trinajstić information content (AvgIpc) is 2.77. The number of hydrogen-bond donors (Lipinski definition) is 2. The molecule has 0 bridgehead atoms. The normalized spacial score (nSPS) is 14.4. The molecule has 0 saturated carbocycles. The maximum absolute atomic E-state index is 10.2. The summed E-state index contributed by atoms with van der Waals surface area (Å²) in [4.78, 5) is 13.8. The highest BCUT2D eigenvalue weighted by Gasteiger charge is 2.15. The molecule has 1 aliphatic carbocycles.